The van der Waals surface area contributed by atoms with Crippen LogP contribution in [-0.4, -0.2) is 44.5 Å². The third kappa shape index (κ3) is 3.90. The number of aromatic nitrogens is 2. The van der Waals surface area contributed by atoms with E-state index in [0.717, 1.165) is 5.69 Å². The molecule has 21 heavy (non-hydrogen) atoms. The standard InChI is InChI=1S/C14H15N3O4/c18-12(14(20)21)6-8-15-13(19)10-2-4-11(5-3-10)17-9-1-7-16-17/h1-5,7,9,12,18H,6,8H2,(H,15,19)(H,20,21). The fourth-order valence-corrected chi connectivity index (χ4v) is 1.74. The summed E-state index contributed by atoms with van der Waals surface area (Å²) in [5.41, 5.74) is 1.29. The second kappa shape index (κ2) is 6.67. The number of hydrogen-bond donors (Lipinski definition) is 3. The molecule has 1 aromatic heterocycles. The van der Waals surface area contributed by atoms with E-state index in [1.165, 1.54) is 0 Å². The summed E-state index contributed by atoms with van der Waals surface area (Å²) >= 11 is 0. The Labute approximate surface area is 120 Å². The number of amides is 1. The van der Waals surface area contributed by atoms with Gasteiger partial charge in [0.2, 0.25) is 0 Å². The summed E-state index contributed by atoms with van der Waals surface area (Å²) in [6.45, 7) is 0.0905. The highest BCUT2D eigenvalue weighted by molar-refractivity contribution is 5.94. The van der Waals surface area contributed by atoms with E-state index in [2.05, 4.69) is 10.4 Å². The number of hydrogen-bond acceptors (Lipinski definition) is 4. The van der Waals surface area contributed by atoms with Crippen molar-refractivity contribution in [3.05, 3.63) is 48.3 Å². The normalized spacial score (nSPS) is 11.9. The lowest BCUT2D eigenvalue weighted by atomic mass is 10.2. The highest BCUT2D eigenvalue weighted by Gasteiger charge is 2.13. The Balaban J connectivity index is 1.90. The topological polar surface area (TPSA) is 104 Å². The number of nitrogens with zero attached hydrogens (tertiary/aromatic N) is 2. The average molecular weight is 289 g/mol. The molecule has 1 atom stereocenters. The number of aliphatic hydroxyl groups is 1. The molecule has 0 saturated heterocycles. The van der Waals surface area contributed by atoms with E-state index in [4.69, 9.17) is 10.2 Å². The molecule has 1 unspecified atom stereocenters. The largest absolute Gasteiger partial charge is 0.479 e. The van der Waals surface area contributed by atoms with Crippen LogP contribution in [0, 0.1) is 0 Å². The van der Waals surface area contributed by atoms with Crippen molar-refractivity contribution in [1.82, 2.24) is 15.1 Å². The molecular formula is C14H15N3O4. The quantitative estimate of drug-likeness (QED) is 0.715. The van der Waals surface area contributed by atoms with Gasteiger partial charge in [-0.1, -0.05) is 0 Å². The number of nitrogens with one attached hydrogen (secondary N) is 1. The molecule has 0 bridgehead atoms. The third-order valence-corrected chi connectivity index (χ3v) is 2.89. The Hall–Kier alpha value is -2.67. The van der Waals surface area contributed by atoms with E-state index in [1.54, 1.807) is 47.4 Å². The Morgan fingerprint density at radius 3 is 2.57 bits per heavy atom. The molecule has 1 amide bonds. The average Bonchev–Trinajstić information content (AvgIpc) is 3.01. The molecule has 7 nitrogen and oxygen atoms in total. The number of carbonyl (C=O) groups is 2. The van der Waals surface area contributed by atoms with Gasteiger partial charge in [-0.15, -0.1) is 0 Å². The predicted octanol–water partition coefficient (Wildman–Crippen LogP) is 0.438. The molecule has 0 aliphatic heterocycles. The van der Waals surface area contributed by atoms with E-state index >= 15 is 0 Å². The molecular weight excluding hydrogens is 274 g/mol. The molecule has 0 saturated carbocycles. The number of aliphatic carboxylic acids is 1. The van der Waals surface area contributed by atoms with Gasteiger partial charge in [0.05, 0.1) is 5.69 Å². The summed E-state index contributed by atoms with van der Waals surface area (Å²) in [6.07, 6.45) is 1.95. The van der Waals surface area contributed by atoms with Gasteiger partial charge in [0.1, 0.15) is 0 Å². The summed E-state index contributed by atoms with van der Waals surface area (Å²) in [4.78, 5) is 22.3. The van der Waals surface area contributed by atoms with Crippen LogP contribution in [-0.2, 0) is 4.79 Å². The highest BCUT2D eigenvalue weighted by atomic mass is 16.4. The molecule has 2 rings (SSSR count). The molecule has 0 spiro atoms. The lowest BCUT2D eigenvalue weighted by Crippen LogP contribution is -2.30. The number of carbonyl (C=O) groups excluding carboxylic acids is 1. The minimum atomic E-state index is -1.47. The monoisotopic (exact) mass is 289 g/mol. The fraction of sp³-hybridized carbons (Fsp3) is 0.214. The smallest absolute Gasteiger partial charge is 0.332 e. The van der Waals surface area contributed by atoms with Crippen LogP contribution in [0.5, 0.6) is 0 Å². The van der Waals surface area contributed by atoms with Crippen LogP contribution < -0.4 is 5.32 Å². The molecule has 1 heterocycles. The maximum atomic E-state index is 11.8. The summed E-state index contributed by atoms with van der Waals surface area (Å²) in [6, 6.07) is 8.62. The maximum Gasteiger partial charge on any atom is 0.332 e. The van der Waals surface area contributed by atoms with Crippen LogP contribution in [0.4, 0.5) is 0 Å². The van der Waals surface area contributed by atoms with E-state index in [1.807, 2.05) is 0 Å². The van der Waals surface area contributed by atoms with Crippen molar-refractivity contribution < 1.29 is 19.8 Å². The Bertz CT molecular complexity index is 608. The number of benzene rings is 1. The van der Waals surface area contributed by atoms with E-state index in [9.17, 15) is 9.59 Å². The Morgan fingerprint density at radius 2 is 2.00 bits per heavy atom. The zero-order valence-corrected chi connectivity index (χ0v) is 11.1. The van der Waals surface area contributed by atoms with Gasteiger partial charge in [-0.3, -0.25) is 4.79 Å². The van der Waals surface area contributed by atoms with Crippen LogP contribution >= 0.6 is 0 Å². The van der Waals surface area contributed by atoms with E-state index in [0.29, 0.717) is 5.56 Å². The van der Waals surface area contributed by atoms with Crippen molar-refractivity contribution in [3.8, 4) is 5.69 Å². The SMILES string of the molecule is O=C(NCCC(O)C(=O)O)c1ccc(-n2cccn2)cc1. The molecule has 0 aliphatic rings. The first kappa shape index (κ1) is 14.7. The van der Waals surface area contributed by atoms with Gasteiger partial charge in [-0.05, 0) is 30.3 Å². The lowest BCUT2D eigenvalue weighted by Gasteiger charge is -2.08. The second-order valence-corrected chi connectivity index (χ2v) is 4.40. The minimum absolute atomic E-state index is 0.0353. The number of aliphatic hydroxyl groups excluding tert-OH is 1. The summed E-state index contributed by atoms with van der Waals surface area (Å²) in [7, 11) is 0. The maximum absolute atomic E-state index is 11.8. The summed E-state index contributed by atoms with van der Waals surface area (Å²) < 4.78 is 1.67. The van der Waals surface area contributed by atoms with Gasteiger partial charge >= 0.3 is 5.97 Å². The van der Waals surface area contributed by atoms with Crippen molar-refractivity contribution in [2.75, 3.05) is 6.54 Å². The fourth-order valence-electron chi connectivity index (χ4n) is 1.74. The van der Waals surface area contributed by atoms with Crippen LogP contribution in [0.3, 0.4) is 0 Å². The van der Waals surface area contributed by atoms with E-state index < -0.39 is 12.1 Å². The molecule has 0 fully saturated rings. The van der Waals surface area contributed by atoms with Crippen molar-refractivity contribution in [2.24, 2.45) is 0 Å². The van der Waals surface area contributed by atoms with Gasteiger partial charge in [-0.25, -0.2) is 9.48 Å². The van der Waals surface area contributed by atoms with Gasteiger partial charge < -0.3 is 15.5 Å². The molecule has 1 aromatic carbocycles. The number of carboxylic acids is 1. The zero-order chi connectivity index (χ0) is 15.2. The van der Waals surface area contributed by atoms with E-state index in [-0.39, 0.29) is 18.9 Å². The van der Waals surface area contributed by atoms with Gasteiger partial charge in [0, 0.05) is 30.9 Å². The second-order valence-electron chi connectivity index (χ2n) is 4.40. The first-order valence-electron chi connectivity index (χ1n) is 6.37. The van der Waals surface area contributed by atoms with Crippen molar-refractivity contribution >= 4 is 11.9 Å². The molecule has 3 N–H and O–H groups in total. The molecule has 0 radical (unpaired) electrons. The Kier molecular flexibility index (Phi) is 4.68. The Morgan fingerprint density at radius 1 is 1.29 bits per heavy atom. The zero-order valence-electron chi connectivity index (χ0n) is 11.1. The van der Waals surface area contributed by atoms with Crippen molar-refractivity contribution in [3.63, 3.8) is 0 Å². The minimum Gasteiger partial charge on any atom is -0.479 e. The van der Waals surface area contributed by atoms with Gasteiger partial charge in [0.15, 0.2) is 6.10 Å². The van der Waals surface area contributed by atoms with Gasteiger partial charge in [-0.2, -0.15) is 5.10 Å². The first-order valence-corrected chi connectivity index (χ1v) is 6.37. The molecule has 0 aliphatic carbocycles. The molecule has 2 aromatic rings. The van der Waals surface area contributed by atoms with Crippen LogP contribution in [0.25, 0.3) is 5.69 Å². The number of rotatable bonds is 6. The summed E-state index contributed by atoms with van der Waals surface area (Å²) in [5.74, 6) is -1.62. The van der Waals surface area contributed by atoms with Crippen LogP contribution in [0.1, 0.15) is 16.8 Å². The molecule has 7 heteroatoms. The van der Waals surface area contributed by atoms with Crippen molar-refractivity contribution in [1.29, 1.82) is 0 Å². The highest BCUT2D eigenvalue weighted by Crippen LogP contribution is 2.08. The van der Waals surface area contributed by atoms with Crippen LogP contribution in [0.2, 0.25) is 0 Å². The van der Waals surface area contributed by atoms with Gasteiger partial charge in [0.25, 0.3) is 5.91 Å². The molecule has 110 valence electrons. The summed E-state index contributed by atoms with van der Waals surface area (Å²) in [5, 5.41) is 24.2. The predicted molar refractivity (Wildman–Crippen MR) is 74.2 cm³/mol. The lowest BCUT2D eigenvalue weighted by molar-refractivity contribution is -0.146. The van der Waals surface area contributed by atoms with Crippen molar-refractivity contribution in [2.45, 2.75) is 12.5 Å². The van der Waals surface area contributed by atoms with Crippen LogP contribution in [0.15, 0.2) is 42.7 Å². The first-order chi connectivity index (χ1) is 10.1. The number of carboxylic acid groups (broad SMARTS) is 1. The third-order valence-electron chi connectivity index (χ3n) is 2.89.